The second kappa shape index (κ2) is 6.95. The summed E-state index contributed by atoms with van der Waals surface area (Å²) in [5.74, 6) is 0.625. The molecule has 2 aromatic carbocycles. The SMILES string of the molecule is CC(C)(C)[Si](OC[C@H]1CCC2OC2C1)(c1ccccc1)c1ccccc1. The van der Waals surface area contributed by atoms with Gasteiger partial charge in [-0.1, -0.05) is 81.4 Å². The fourth-order valence-electron chi connectivity index (χ4n) is 4.64. The second-order valence-electron chi connectivity index (χ2n) is 8.87. The Bertz CT molecular complexity index is 683. The van der Waals surface area contributed by atoms with E-state index in [0.29, 0.717) is 18.1 Å². The zero-order valence-corrected chi connectivity index (χ0v) is 17.2. The predicted molar refractivity (Wildman–Crippen MR) is 110 cm³/mol. The van der Waals surface area contributed by atoms with E-state index in [2.05, 4.69) is 81.4 Å². The van der Waals surface area contributed by atoms with E-state index in [1.165, 1.54) is 29.6 Å². The standard InChI is InChI=1S/C23H30O2Si/c1-23(2,3)26(19-10-6-4-7-11-19,20-12-8-5-9-13-20)24-17-18-14-15-21-22(16-18)25-21/h4-13,18,21-22H,14-17H2,1-3H3/t18-,21?,22?/m0/s1. The van der Waals surface area contributed by atoms with Crippen molar-refractivity contribution in [2.24, 2.45) is 5.92 Å². The fraction of sp³-hybridized carbons (Fsp3) is 0.478. The van der Waals surface area contributed by atoms with Crippen LogP contribution in [0.25, 0.3) is 0 Å². The van der Waals surface area contributed by atoms with Gasteiger partial charge in [0.1, 0.15) is 0 Å². The maximum absolute atomic E-state index is 7.06. The van der Waals surface area contributed by atoms with Gasteiger partial charge in [0.2, 0.25) is 0 Å². The summed E-state index contributed by atoms with van der Waals surface area (Å²) in [4.78, 5) is 0. The second-order valence-corrected chi connectivity index (χ2v) is 13.2. The zero-order valence-electron chi connectivity index (χ0n) is 16.2. The minimum Gasteiger partial charge on any atom is -0.407 e. The summed E-state index contributed by atoms with van der Waals surface area (Å²) in [5.41, 5.74) is 0. The number of epoxide rings is 1. The first kappa shape index (κ1) is 18.0. The van der Waals surface area contributed by atoms with E-state index < -0.39 is 8.32 Å². The molecule has 0 bridgehead atoms. The van der Waals surface area contributed by atoms with E-state index in [9.17, 15) is 0 Å². The van der Waals surface area contributed by atoms with Gasteiger partial charge in [0.15, 0.2) is 0 Å². The summed E-state index contributed by atoms with van der Waals surface area (Å²) >= 11 is 0. The number of benzene rings is 2. The molecule has 0 radical (unpaired) electrons. The average molecular weight is 367 g/mol. The van der Waals surface area contributed by atoms with Crippen LogP contribution in [-0.2, 0) is 9.16 Å². The van der Waals surface area contributed by atoms with Crippen LogP contribution in [0.5, 0.6) is 0 Å². The van der Waals surface area contributed by atoms with Gasteiger partial charge in [-0.3, -0.25) is 0 Å². The molecule has 0 amide bonds. The van der Waals surface area contributed by atoms with E-state index in [1.54, 1.807) is 0 Å². The first-order valence-electron chi connectivity index (χ1n) is 9.91. The van der Waals surface area contributed by atoms with E-state index in [-0.39, 0.29) is 5.04 Å². The third kappa shape index (κ3) is 3.28. The Kier molecular flexibility index (Phi) is 4.80. The summed E-state index contributed by atoms with van der Waals surface area (Å²) in [5, 5.41) is 2.80. The highest BCUT2D eigenvalue weighted by Gasteiger charge is 2.51. The van der Waals surface area contributed by atoms with Crippen molar-refractivity contribution in [2.45, 2.75) is 57.3 Å². The molecule has 3 atom stereocenters. The van der Waals surface area contributed by atoms with Crippen LogP contribution in [0.3, 0.4) is 0 Å². The van der Waals surface area contributed by atoms with Gasteiger partial charge < -0.3 is 9.16 Å². The van der Waals surface area contributed by atoms with Crippen LogP contribution in [0.2, 0.25) is 5.04 Å². The lowest BCUT2D eigenvalue weighted by Gasteiger charge is -2.44. The van der Waals surface area contributed by atoms with Crippen LogP contribution in [-0.4, -0.2) is 27.1 Å². The van der Waals surface area contributed by atoms with Gasteiger partial charge in [0, 0.05) is 6.61 Å². The summed E-state index contributed by atoms with van der Waals surface area (Å²) in [6.07, 6.45) is 4.68. The molecule has 2 unspecified atom stereocenters. The Balaban J connectivity index is 1.70. The smallest absolute Gasteiger partial charge is 0.261 e. The minimum absolute atomic E-state index is 0.0585. The predicted octanol–water partition coefficient (Wildman–Crippen LogP) is 4.13. The molecular weight excluding hydrogens is 336 g/mol. The lowest BCUT2D eigenvalue weighted by molar-refractivity contribution is 0.206. The number of ether oxygens (including phenoxy) is 1. The summed E-state index contributed by atoms with van der Waals surface area (Å²) in [6, 6.07) is 21.9. The van der Waals surface area contributed by atoms with Gasteiger partial charge in [0.05, 0.1) is 12.2 Å². The Hall–Kier alpha value is -1.42. The van der Waals surface area contributed by atoms with Crippen molar-refractivity contribution in [2.75, 3.05) is 6.61 Å². The van der Waals surface area contributed by atoms with Crippen molar-refractivity contribution < 1.29 is 9.16 Å². The highest BCUT2D eigenvalue weighted by molar-refractivity contribution is 6.99. The number of fused-ring (bicyclic) bond motifs is 1. The van der Waals surface area contributed by atoms with Crippen LogP contribution < -0.4 is 10.4 Å². The Morgan fingerprint density at radius 1 is 0.885 bits per heavy atom. The molecule has 0 spiro atoms. The molecule has 138 valence electrons. The van der Waals surface area contributed by atoms with Crippen molar-refractivity contribution in [1.82, 2.24) is 0 Å². The fourth-order valence-corrected chi connectivity index (χ4v) is 9.28. The average Bonchev–Trinajstić information content (AvgIpc) is 3.42. The lowest BCUT2D eigenvalue weighted by Crippen LogP contribution is -2.67. The molecule has 1 saturated carbocycles. The Morgan fingerprint density at radius 2 is 1.46 bits per heavy atom. The molecule has 0 N–H and O–H groups in total. The van der Waals surface area contributed by atoms with E-state index in [1.807, 2.05) is 0 Å². The van der Waals surface area contributed by atoms with Crippen LogP contribution in [0, 0.1) is 5.92 Å². The Morgan fingerprint density at radius 3 is 1.96 bits per heavy atom. The van der Waals surface area contributed by atoms with Gasteiger partial charge in [-0.05, 0) is 40.6 Å². The molecule has 0 aromatic heterocycles. The molecule has 2 nitrogen and oxygen atoms in total. The molecule has 2 fully saturated rings. The highest BCUT2D eigenvalue weighted by Crippen LogP contribution is 2.41. The van der Waals surface area contributed by atoms with Crippen LogP contribution in [0.4, 0.5) is 0 Å². The number of hydrogen-bond donors (Lipinski definition) is 0. The summed E-state index contributed by atoms with van der Waals surface area (Å²) in [7, 11) is -2.38. The van der Waals surface area contributed by atoms with E-state index in [0.717, 1.165) is 6.61 Å². The van der Waals surface area contributed by atoms with E-state index >= 15 is 0 Å². The van der Waals surface area contributed by atoms with Crippen LogP contribution >= 0.6 is 0 Å². The molecule has 1 saturated heterocycles. The van der Waals surface area contributed by atoms with Gasteiger partial charge in [0.25, 0.3) is 8.32 Å². The van der Waals surface area contributed by atoms with E-state index in [4.69, 9.17) is 9.16 Å². The molecule has 1 heterocycles. The first-order valence-corrected chi connectivity index (χ1v) is 11.8. The van der Waals surface area contributed by atoms with Crippen molar-refractivity contribution >= 4 is 18.7 Å². The molecule has 4 rings (SSSR count). The third-order valence-corrected chi connectivity index (χ3v) is 11.1. The number of rotatable bonds is 5. The van der Waals surface area contributed by atoms with Crippen molar-refractivity contribution in [3.05, 3.63) is 60.7 Å². The molecular formula is C23H30O2Si. The molecule has 1 aliphatic carbocycles. The molecule has 1 aliphatic heterocycles. The zero-order chi connectivity index (χ0) is 18.2. The van der Waals surface area contributed by atoms with Crippen molar-refractivity contribution in [3.63, 3.8) is 0 Å². The topological polar surface area (TPSA) is 21.8 Å². The quantitative estimate of drug-likeness (QED) is 0.586. The molecule has 2 aromatic rings. The van der Waals surface area contributed by atoms with Crippen LogP contribution in [0.1, 0.15) is 40.0 Å². The third-order valence-electron chi connectivity index (χ3n) is 6.07. The summed E-state index contributed by atoms with van der Waals surface area (Å²) < 4.78 is 12.8. The maximum Gasteiger partial charge on any atom is 0.261 e. The van der Waals surface area contributed by atoms with Crippen molar-refractivity contribution in [3.8, 4) is 0 Å². The normalized spacial score (nSPS) is 25.6. The van der Waals surface area contributed by atoms with Gasteiger partial charge in [-0.15, -0.1) is 0 Å². The van der Waals surface area contributed by atoms with Gasteiger partial charge in [-0.2, -0.15) is 0 Å². The molecule has 2 aliphatic rings. The van der Waals surface area contributed by atoms with Crippen molar-refractivity contribution in [1.29, 1.82) is 0 Å². The largest absolute Gasteiger partial charge is 0.407 e. The van der Waals surface area contributed by atoms with Crippen LogP contribution in [0.15, 0.2) is 60.7 Å². The Labute approximate surface area is 158 Å². The summed E-state index contributed by atoms with van der Waals surface area (Å²) in [6.45, 7) is 7.89. The first-order chi connectivity index (χ1) is 12.5. The minimum atomic E-state index is -2.38. The monoisotopic (exact) mass is 366 g/mol. The molecule has 26 heavy (non-hydrogen) atoms. The maximum atomic E-state index is 7.06. The number of hydrogen-bond acceptors (Lipinski definition) is 2. The lowest BCUT2D eigenvalue weighted by atomic mass is 9.90. The van der Waals surface area contributed by atoms with Gasteiger partial charge >= 0.3 is 0 Å². The highest BCUT2D eigenvalue weighted by atomic mass is 28.4. The molecule has 3 heteroatoms. The van der Waals surface area contributed by atoms with Gasteiger partial charge in [-0.25, -0.2) is 0 Å².